The van der Waals surface area contributed by atoms with Gasteiger partial charge in [-0.25, -0.2) is 9.59 Å². The molecule has 2 amide bonds. The van der Waals surface area contributed by atoms with Crippen LogP contribution in [0.25, 0.3) is 21.4 Å². The van der Waals surface area contributed by atoms with E-state index in [9.17, 15) is 32.1 Å². The Morgan fingerprint density at radius 2 is 1.79 bits per heavy atom. The standard InChI is InChI=1S/C26H26N2O9S2/c29-22-8-9-23(30)28(22)37-24(31)6-2-1-3-11-27-12-4-5-16-13-17-14-18(26(32)36-20(17)15-19(16)27)21-7-10-25(38-21)39(33,34)35/h7,10,13-15H,1-6,8-9,11-12H2,(H,33,34,35). The number of benzene rings is 1. The highest BCUT2D eigenvalue weighted by Crippen LogP contribution is 2.34. The third-order valence-electron chi connectivity index (χ3n) is 6.76. The summed E-state index contributed by atoms with van der Waals surface area (Å²) < 4.78 is 37.4. The first-order valence-corrected chi connectivity index (χ1v) is 14.9. The maximum atomic E-state index is 12.7. The minimum atomic E-state index is -4.36. The quantitative estimate of drug-likeness (QED) is 0.173. The molecule has 11 nitrogen and oxygen atoms in total. The summed E-state index contributed by atoms with van der Waals surface area (Å²) in [5, 5.41) is 1.29. The number of carbonyl (C=O) groups is 3. The monoisotopic (exact) mass is 574 g/mol. The zero-order valence-corrected chi connectivity index (χ0v) is 22.5. The largest absolute Gasteiger partial charge is 0.422 e. The summed E-state index contributed by atoms with van der Waals surface area (Å²) in [7, 11) is -4.36. The van der Waals surface area contributed by atoms with Crippen molar-refractivity contribution < 1.29 is 36.6 Å². The van der Waals surface area contributed by atoms with Crippen LogP contribution in [0.15, 0.2) is 43.8 Å². The molecule has 0 radical (unpaired) electrons. The van der Waals surface area contributed by atoms with E-state index in [4.69, 9.17) is 9.25 Å². The van der Waals surface area contributed by atoms with E-state index in [0.29, 0.717) is 21.9 Å². The molecule has 1 aromatic carbocycles. The highest BCUT2D eigenvalue weighted by Gasteiger charge is 2.32. The zero-order chi connectivity index (χ0) is 27.7. The summed E-state index contributed by atoms with van der Waals surface area (Å²) >= 11 is 0.800. The third kappa shape index (κ3) is 5.89. The van der Waals surface area contributed by atoms with Crippen LogP contribution in [0, 0.1) is 0 Å². The predicted octanol–water partition coefficient (Wildman–Crippen LogP) is 3.69. The summed E-state index contributed by atoms with van der Waals surface area (Å²) in [4.78, 5) is 55.3. The second-order valence-corrected chi connectivity index (χ2v) is 12.2. The molecule has 2 aliphatic heterocycles. The van der Waals surface area contributed by atoms with Crippen LogP contribution < -0.4 is 10.5 Å². The Morgan fingerprint density at radius 1 is 1.03 bits per heavy atom. The van der Waals surface area contributed by atoms with Crippen LogP contribution in [0.2, 0.25) is 0 Å². The lowest BCUT2D eigenvalue weighted by molar-refractivity contribution is -0.197. The number of rotatable bonds is 9. The van der Waals surface area contributed by atoms with E-state index >= 15 is 0 Å². The first kappa shape index (κ1) is 27.0. The van der Waals surface area contributed by atoms with Crippen LogP contribution in [0.5, 0.6) is 0 Å². The number of unbranched alkanes of at least 4 members (excludes halogenated alkanes) is 2. The Hall–Kier alpha value is -3.55. The van der Waals surface area contributed by atoms with Crippen molar-refractivity contribution in [3.8, 4) is 10.4 Å². The molecule has 0 saturated carbocycles. The lowest BCUT2D eigenvalue weighted by atomic mass is 9.98. The average Bonchev–Trinajstić information content (AvgIpc) is 3.50. The van der Waals surface area contributed by atoms with Gasteiger partial charge in [-0.05, 0) is 55.5 Å². The summed E-state index contributed by atoms with van der Waals surface area (Å²) in [5.41, 5.74) is 2.15. The number of nitrogens with zero attached hydrogens (tertiary/aromatic N) is 2. The van der Waals surface area contributed by atoms with Crippen molar-refractivity contribution >= 4 is 55.9 Å². The van der Waals surface area contributed by atoms with E-state index < -0.39 is 33.5 Å². The summed E-state index contributed by atoms with van der Waals surface area (Å²) in [6.07, 6.45) is 4.18. The van der Waals surface area contributed by atoms with Crippen molar-refractivity contribution in [3.63, 3.8) is 0 Å². The van der Waals surface area contributed by atoms with Gasteiger partial charge in [-0.15, -0.1) is 16.4 Å². The molecular formula is C26H26N2O9S2. The molecule has 2 aliphatic rings. The normalized spacial score (nSPS) is 15.7. The minimum Gasteiger partial charge on any atom is -0.422 e. The number of aryl methyl sites for hydroxylation is 1. The molecule has 206 valence electrons. The van der Waals surface area contributed by atoms with Gasteiger partial charge in [0.15, 0.2) is 0 Å². The van der Waals surface area contributed by atoms with E-state index in [1.807, 2.05) is 12.1 Å². The van der Waals surface area contributed by atoms with Gasteiger partial charge in [-0.2, -0.15) is 8.42 Å². The molecule has 0 unspecified atom stereocenters. The van der Waals surface area contributed by atoms with Crippen LogP contribution in [0.3, 0.4) is 0 Å². The van der Waals surface area contributed by atoms with Gasteiger partial charge in [-0.3, -0.25) is 14.1 Å². The number of anilines is 1. The Morgan fingerprint density at radius 3 is 2.51 bits per heavy atom. The van der Waals surface area contributed by atoms with Crippen molar-refractivity contribution in [2.24, 2.45) is 0 Å². The number of hydrogen-bond acceptors (Lipinski definition) is 10. The van der Waals surface area contributed by atoms with Gasteiger partial charge in [0.05, 0.1) is 5.56 Å². The molecule has 4 heterocycles. The van der Waals surface area contributed by atoms with Gasteiger partial charge in [0.25, 0.3) is 11.8 Å². The SMILES string of the molecule is O=C(CCCCCN1CCCc2cc3cc(-c4ccc(S(=O)(=O)O)s4)c(=O)oc3cc21)ON1C(=O)CCC1=O. The third-order valence-corrected chi connectivity index (χ3v) is 9.20. The highest BCUT2D eigenvalue weighted by molar-refractivity contribution is 7.88. The second-order valence-electron chi connectivity index (χ2n) is 9.51. The van der Waals surface area contributed by atoms with E-state index in [0.717, 1.165) is 66.7 Å². The van der Waals surface area contributed by atoms with Crippen molar-refractivity contribution in [1.82, 2.24) is 5.06 Å². The van der Waals surface area contributed by atoms with Crippen LogP contribution in [-0.4, -0.2) is 48.9 Å². The van der Waals surface area contributed by atoms with Crippen LogP contribution in [0.4, 0.5) is 5.69 Å². The van der Waals surface area contributed by atoms with Gasteiger partial charge >= 0.3 is 21.7 Å². The van der Waals surface area contributed by atoms with Gasteiger partial charge in [0.1, 0.15) is 9.79 Å². The maximum absolute atomic E-state index is 12.7. The molecule has 1 saturated heterocycles. The van der Waals surface area contributed by atoms with Crippen molar-refractivity contribution in [2.75, 3.05) is 18.0 Å². The highest BCUT2D eigenvalue weighted by atomic mass is 32.3. The lowest BCUT2D eigenvalue weighted by Crippen LogP contribution is -2.32. The van der Waals surface area contributed by atoms with E-state index in [1.54, 1.807) is 6.07 Å². The van der Waals surface area contributed by atoms with E-state index in [2.05, 4.69) is 4.90 Å². The smallest absolute Gasteiger partial charge is 0.345 e. The van der Waals surface area contributed by atoms with Crippen molar-refractivity contribution in [3.05, 3.63) is 46.3 Å². The molecule has 1 fully saturated rings. The molecule has 3 aromatic rings. The van der Waals surface area contributed by atoms with Crippen LogP contribution in [-0.2, 0) is 35.8 Å². The molecule has 0 spiro atoms. The Balaban J connectivity index is 1.22. The van der Waals surface area contributed by atoms with Crippen molar-refractivity contribution in [2.45, 2.75) is 55.6 Å². The minimum absolute atomic E-state index is 0.0653. The Kier molecular flexibility index (Phi) is 7.56. The number of imide groups is 1. The number of amides is 2. The summed E-state index contributed by atoms with van der Waals surface area (Å²) in [6, 6.07) is 8.24. The van der Waals surface area contributed by atoms with Crippen LogP contribution in [0.1, 0.15) is 50.5 Å². The number of thiophene rings is 1. The number of carbonyl (C=O) groups excluding carboxylic acids is 3. The Bertz CT molecular complexity index is 1610. The Labute approximate surface area is 227 Å². The molecule has 1 N–H and O–H groups in total. The van der Waals surface area contributed by atoms with E-state index in [-0.39, 0.29) is 29.0 Å². The fourth-order valence-electron chi connectivity index (χ4n) is 4.84. The maximum Gasteiger partial charge on any atom is 0.345 e. The lowest BCUT2D eigenvalue weighted by Gasteiger charge is -2.31. The molecule has 2 aromatic heterocycles. The van der Waals surface area contributed by atoms with Gasteiger partial charge in [0, 0.05) is 54.4 Å². The molecule has 5 rings (SSSR count). The molecule has 0 bridgehead atoms. The van der Waals surface area contributed by atoms with Gasteiger partial charge in [0.2, 0.25) is 0 Å². The molecule has 0 atom stereocenters. The average molecular weight is 575 g/mol. The number of hydrogen-bond donors (Lipinski definition) is 1. The van der Waals surface area contributed by atoms with Crippen LogP contribution >= 0.6 is 11.3 Å². The first-order valence-electron chi connectivity index (χ1n) is 12.6. The summed E-state index contributed by atoms with van der Waals surface area (Å²) in [5.74, 6) is -1.58. The zero-order valence-electron chi connectivity index (χ0n) is 20.9. The molecular weight excluding hydrogens is 548 g/mol. The second kappa shape index (κ2) is 10.9. The van der Waals surface area contributed by atoms with Gasteiger partial charge < -0.3 is 14.2 Å². The molecule has 13 heteroatoms. The topological polar surface area (TPSA) is 152 Å². The number of hydroxylamine groups is 2. The fourth-order valence-corrected chi connectivity index (χ4v) is 6.51. The van der Waals surface area contributed by atoms with Gasteiger partial charge in [-0.1, -0.05) is 6.42 Å². The molecule has 39 heavy (non-hydrogen) atoms. The number of fused-ring (bicyclic) bond motifs is 2. The summed E-state index contributed by atoms with van der Waals surface area (Å²) in [6.45, 7) is 1.59. The fraction of sp³-hybridized carbons (Fsp3) is 0.385. The van der Waals surface area contributed by atoms with E-state index in [1.165, 1.54) is 12.1 Å². The first-order chi connectivity index (χ1) is 18.6. The molecule has 0 aliphatic carbocycles. The predicted molar refractivity (Wildman–Crippen MR) is 142 cm³/mol. The van der Waals surface area contributed by atoms with Crippen molar-refractivity contribution in [1.29, 1.82) is 0 Å².